The fourth-order valence-electron chi connectivity index (χ4n) is 3.78. The Kier molecular flexibility index (Phi) is 4.66. The summed E-state index contributed by atoms with van der Waals surface area (Å²) in [6.45, 7) is 5.33. The first-order valence-corrected chi connectivity index (χ1v) is 8.98. The zero-order valence-electron chi connectivity index (χ0n) is 15.1. The van der Waals surface area contributed by atoms with Crippen LogP contribution in [-0.4, -0.2) is 36.3 Å². The summed E-state index contributed by atoms with van der Waals surface area (Å²) in [6, 6.07) is 15.6. The molecule has 1 saturated heterocycles. The van der Waals surface area contributed by atoms with Gasteiger partial charge in [0.25, 0.3) is 5.91 Å². The van der Waals surface area contributed by atoms with Gasteiger partial charge in [0.1, 0.15) is 11.9 Å². The molecule has 3 atom stereocenters. The van der Waals surface area contributed by atoms with Crippen LogP contribution in [0.4, 0.5) is 0 Å². The Morgan fingerprint density at radius 2 is 1.92 bits per heavy atom. The molecule has 0 aromatic heterocycles. The SMILES string of the molecule is C[C@@H]1CO[C@H](c2ccccc2)[C@@H](C)N1C(=O)c1ccc2c(c1)COCO2. The maximum Gasteiger partial charge on any atom is 0.254 e. The van der Waals surface area contributed by atoms with Crippen LogP contribution < -0.4 is 4.74 Å². The molecule has 2 heterocycles. The second kappa shape index (κ2) is 7.09. The zero-order chi connectivity index (χ0) is 18.1. The van der Waals surface area contributed by atoms with E-state index in [1.807, 2.05) is 60.4 Å². The number of carbonyl (C=O) groups is 1. The Morgan fingerprint density at radius 3 is 2.73 bits per heavy atom. The summed E-state index contributed by atoms with van der Waals surface area (Å²) in [5.41, 5.74) is 2.66. The van der Waals surface area contributed by atoms with E-state index in [1.165, 1.54) is 0 Å². The van der Waals surface area contributed by atoms with E-state index >= 15 is 0 Å². The average Bonchev–Trinajstić information content (AvgIpc) is 2.68. The normalized spacial score (nSPS) is 25.3. The van der Waals surface area contributed by atoms with Crippen LogP contribution in [0.5, 0.6) is 5.75 Å². The lowest BCUT2D eigenvalue weighted by atomic mass is 9.97. The number of fused-ring (bicyclic) bond motifs is 1. The number of carbonyl (C=O) groups excluding carboxylic acids is 1. The standard InChI is InChI=1S/C21H23NO4/c1-14-11-25-20(16-6-4-3-5-7-16)15(2)22(14)21(23)17-8-9-19-18(10-17)12-24-13-26-19/h3-10,14-15,20H,11-13H2,1-2H3/t14-,15-,20+/m1/s1. The smallest absolute Gasteiger partial charge is 0.254 e. The van der Waals surface area contributed by atoms with E-state index in [0.717, 1.165) is 16.9 Å². The molecule has 5 nitrogen and oxygen atoms in total. The molecule has 4 rings (SSSR count). The first kappa shape index (κ1) is 17.1. The minimum atomic E-state index is -0.124. The average molecular weight is 353 g/mol. The number of amides is 1. The number of morpholine rings is 1. The quantitative estimate of drug-likeness (QED) is 0.828. The van der Waals surface area contributed by atoms with Crippen molar-refractivity contribution in [3.8, 4) is 5.75 Å². The van der Waals surface area contributed by atoms with Crippen molar-refractivity contribution in [1.29, 1.82) is 0 Å². The van der Waals surface area contributed by atoms with E-state index in [-0.39, 0.29) is 30.9 Å². The second-order valence-corrected chi connectivity index (χ2v) is 6.90. The van der Waals surface area contributed by atoms with Crippen LogP contribution in [0.2, 0.25) is 0 Å². The van der Waals surface area contributed by atoms with Gasteiger partial charge in [0, 0.05) is 11.1 Å². The minimum absolute atomic E-state index is 0.0148. The molecule has 2 aromatic rings. The van der Waals surface area contributed by atoms with Crippen LogP contribution >= 0.6 is 0 Å². The van der Waals surface area contributed by atoms with E-state index in [1.54, 1.807) is 0 Å². The number of nitrogens with zero attached hydrogens (tertiary/aromatic N) is 1. The predicted octanol–water partition coefficient (Wildman–Crippen LogP) is 3.54. The molecule has 0 saturated carbocycles. The van der Waals surface area contributed by atoms with E-state index in [2.05, 4.69) is 6.92 Å². The lowest BCUT2D eigenvalue weighted by molar-refractivity contribution is -0.0806. The molecule has 5 heteroatoms. The third-order valence-electron chi connectivity index (χ3n) is 5.09. The van der Waals surface area contributed by atoms with Gasteiger partial charge >= 0.3 is 0 Å². The predicted molar refractivity (Wildman–Crippen MR) is 97.0 cm³/mol. The molecule has 0 bridgehead atoms. The number of hydrogen-bond donors (Lipinski definition) is 0. The number of benzene rings is 2. The topological polar surface area (TPSA) is 48.0 Å². The van der Waals surface area contributed by atoms with Gasteiger partial charge in [-0.25, -0.2) is 0 Å². The minimum Gasteiger partial charge on any atom is -0.467 e. The summed E-state index contributed by atoms with van der Waals surface area (Å²) in [5, 5.41) is 0. The van der Waals surface area contributed by atoms with Gasteiger partial charge < -0.3 is 19.1 Å². The van der Waals surface area contributed by atoms with Gasteiger partial charge in [-0.3, -0.25) is 4.79 Å². The molecule has 0 radical (unpaired) electrons. The molecule has 2 aliphatic rings. The Bertz CT molecular complexity index is 792. The zero-order valence-corrected chi connectivity index (χ0v) is 15.1. The van der Waals surface area contributed by atoms with Gasteiger partial charge in [-0.15, -0.1) is 0 Å². The molecular weight excluding hydrogens is 330 g/mol. The molecule has 0 unspecified atom stereocenters. The Hall–Kier alpha value is -2.37. The van der Waals surface area contributed by atoms with Crippen molar-refractivity contribution in [2.45, 2.75) is 38.6 Å². The molecule has 0 N–H and O–H groups in total. The van der Waals surface area contributed by atoms with Crippen LogP contribution in [-0.2, 0) is 16.1 Å². The summed E-state index contributed by atoms with van der Waals surface area (Å²) in [6.07, 6.45) is -0.124. The Labute approximate surface area is 153 Å². The van der Waals surface area contributed by atoms with Gasteiger partial charge in [0.05, 0.1) is 25.3 Å². The van der Waals surface area contributed by atoms with Gasteiger partial charge in [-0.1, -0.05) is 30.3 Å². The molecule has 2 aliphatic heterocycles. The molecule has 1 amide bonds. The molecule has 0 aliphatic carbocycles. The van der Waals surface area contributed by atoms with Gasteiger partial charge in [-0.05, 0) is 37.6 Å². The maximum absolute atomic E-state index is 13.3. The molecule has 2 aromatic carbocycles. The van der Waals surface area contributed by atoms with Crippen LogP contribution in [0.3, 0.4) is 0 Å². The number of ether oxygens (including phenoxy) is 3. The molecular formula is C21H23NO4. The first-order chi connectivity index (χ1) is 12.6. The first-order valence-electron chi connectivity index (χ1n) is 8.98. The van der Waals surface area contributed by atoms with Crippen molar-refractivity contribution in [3.05, 3.63) is 65.2 Å². The Morgan fingerprint density at radius 1 is 1.12 bits per heavy atom. The molecule has 136 valence electrons. The highest BCUT2D eigenvalue weighted by molar-refractivity contribution is 5.95. The molecule has 1 fully saturated rings. The summed E-state index contributed by atoms with van der Waals surface area (Å²) >= 11 is 0. The highest BCUT2D eigenvalue weighted by Gasteiger charge is 2.37. The fraction of sp³-hybridized carbons (Fsp3) is 0.381. The van der Waals surface area contributed by atoms with Crippen molar-refractivity contribution >= 4 is 5.91 Å². The lowest BCUT2D eigenvalue weighted by Crippen LogP contribution is -2.53. The van der Waals surface area contributed by atoms with Gasteiger partial charge in [0.2, 0.25) is 0 Å². The number of hydrogen-bond acceptors (Lipinski definition) is 4. The van der Waals surface area contributed by atoms with E-state index < -0.39 is 0 Å². The van der Waals surface area contributed by atoms with Gasteiger partial charge in [-0.2, -0.15) is 0 Å². The van der Waals surface area contributed by atoms with E-state index in [9.17, 15) is 4.79 Å². The van der Waals surface area contributed by atoms with Crippen LogP contribution in [0, 0.1) is 0 Å². The monoisotopic (exact) mass is 353 g/mol. The third-order valence-corrected chi connectivity index (χ3v) is 5.09. The van der Waals surface area contributed by atoms with Crippen LogP contribution in [0.15, 0.2) is 48.5 Å². The van der Waals surface area contributed by atoms with Crippen molar-refractivity contribution in [3.63, 3.8) is 0 Å². The van der Waals surface area contributed by atoms with Crippen molar-refractivity contribution < 1.29 is 19.0 Å². The van der Waals surface area contributed by atoms with Crippen molar-refractivity contribution in [2.24, 2.45) is 0 Å². The van der Waals surface area contributed by atoms with Gasteiger partial charge in [0.15, 0.2) is 6.79 Å². The molecule has 26 heavy (non-hydrogen) atoms. The maximum atomic E-state index is 13.3. The summed E-state index contributed by atoms with van der Waals surface area (Å²) in [5.74, 6) is 0.806. The fourth-order valence-corrected chi connectivity index (χ4v) is 3.78. The highest BCUT2D eigenvalue weighted by atomic mass is 16.7. The summed E-state index contributed by atoms with van der Waals surface area (Å²) in [7, 11) is 0. The summed E-state index contributed by atoms with van der Waals surface area (Å²) < 4.78 is 16.8. The number of rotatable bonds is 2. The largest absolute Gasteiger partial charge is 0.467 e. The lowest BCUT2D eigenvalue weighted by Gasteiger charge is -2.44. The summed E-state index contributed by atoms with van der Waals surface area (Å²) in [4.78, 5) is 15.2. The van der Waals surface area contributed by atoms with Crippen LogP contribution in [0.25, 0.3) is 0 Å². The van der Waals surface area contributed by atoms with E-state index in [0.29, 0.717) is 18.8 Å². The highest BCUT2D eigenvalue weighted by Crippen LogP contribution is 2.33. The van der Waals surface area contributed by atoms with E-state index in [4.69, 9.17) is 14.2 Å². The Balaban J connectivity index is 1.61. The third kappa shape index (κ3) is 3.08. The van der Waals surface area contributed by atoms with Crippen molar-refractivity contribution in [1.82, 2.24) is 4.90 Å². The van der Waals surface area contributed by atoms with Crippen molar-refractivity contribution in [2.75, 3.05) is 13.4 Å². The molecule has 0 spiro atoms. The van der Waals surface area contributed by atoms with Crippen LogP contribution in [0.1, 0.15) is 41.4 Å². The second-order valence-electron chi connectivity index (χ2n) is 6.90.